The number of carbonyl (C=O) groups excluding carboxylic acids is 1. The predicted octanol–water partition coefficient (Wildman–Crippen LogP) is 1.83. The molecule has 2 atom stereocenters. The molecule has 2 heterocycles. The summed E-state index contributed by atoms with van der Waals surface area (Å²) in [5, 5.41) is 16.4. The van der Waals surface area contributed by atoms with Gasteiger partial charge >= 0.3 is 5.97 Å². The van der Waals surface area contributed by atoms with Crippen LogP contribution in [0.1, 0.15) is 29.8 Å². The third kappa shape index (κ3) is 5.07. The number of carboxylic acid groups (broad SMARTS) is 1. The summed E-state index contributed by atoms with van der Waals surface area (Å²) < 4.78 is 7.27. The molecule has 0 aliphatic carbocycles. The Morgan fingerprint density at radius 2 is 1.89 bits per heavy atom. The molecule has 27 heavy (non-hydrogen) atoms. The first-order valence-electron chi connectivity index (χ1n) is 8.92. The number of amides is 1. The fourth-order valence-corrected chi connectivity index (χ4v) is 3.13. The Balaban J connectivity index is 1.52. The average molecular weight is 372 g/mol. The quantitative estimate of drug-likeness (QED) is 0.803. The summed E-state index contributed by atoms with van der Waals surface area (Å²) >= 11 is 0. The summed E-state index contributed by atoms with van der Waals surface area (Å²) in [6.45, 7) is 5.86. The first-order valence-corrected chi connectivity index (χ1v) is 8.92. The lowest BCUT2D eigenvalue weighted by atomic mass is 10.1. The van der Waals surface area contributed by atoms with Gasteiger partial charge in [0, 0.05) is 25.8 Å². The van der Waals surface area contributed by atoms with Crippen LogP contribution in [-0.4, -0.2) is 57.0 Å². The van der Waals surface area contributed by atoms with Gasteiger partial charge in [0.2, 0.25) is 5.91 Å². The summed E-state index contributed by atoms with van der Waals surface area (Å²) in [6, 6.07) is 6.69. The molecule has 1 amide bonds. The van der Waals surface area contributed by atoms with Gasteiger partial charge in [-0.05, 0) is 31.5 Å². The third-order valence-electron chi connectivity index (χ3n) is 4.40. The minimum absolute atomic E-state index is 0.0240. The van der Waals surface area contributed by atoms with Crippen molar-refractivity contribution < 1.29 is 19.4 Å². The monoisotopic (exact) mass is 372 g/mol. The second-order valence-electron chi connectivity index (χ2n) is 6.84. The van der Waals surface area contributed by atoms with Crippen molar-refractivity contribution >= 4 is 17.6 Å². The van der Waals surface area contributed by atoms with Crippen LogP contribution in [0.2, 0.25) is 0 Å². The molecule has 1 aromatic carbocycles. The highest BCUT2D eigenvalue weighted by Crippen LogP contribution is 2.13. The number of hydrogen-bond donors (Lipinski definition) is 2. The zero-order chi connectivity index (χ0) is 19.4. The Kier molecular flexibility index (Phi) is 5.75. The van der Waals surface area contributed by atoms with E-state index in [2.05, 4.69) is 10.4 Å². The van der Waals surface area contributed by atoms with Gasteiger partial charge in [-0.2, -0.15) is 5.10 Å². The van der Waals surface area contributed by atoms with Crippen LogP contribution in [0.4, 0.5) is 5.69 Å². The van der Waals surface area contributed by atoms with E-state index in [1.807, 2.05) is 18.7 Å². The van der Waals surface area contributed by atoms with Crippen molar-refractivity contribution in [2.24, 2.45) is 0 Å². The molecule has 1 fully saturated rings. The number of aromatic nitrogens is 2. The van der Waals surface area contributed by atoms with Crippen LogP contribution in [0.15, 0.2) is 36.7 Å². The number of rotatable bonds is 6. The van der Waals surface area contributed by atoms with Gasteiger partial charge in [0.05, 0.1) is 29.7 Å². The highest BCUT2D eigenvalue weighted by atomic mass is 16.5. The van der Waals surface area contributed by atoms with Gasteiger partial charge in [-0.25, -0.2) is 4.79 Å². The topological polar surface area (TPSA) is 96.7 Å². The molecule has 1 aliphatic heterocycles. The van der Waals surface area contributed by atoms with Crippen molar-refractivity contribution in [3.8, 4) is 0 Å². The SMILES string of the molecule is CC1CN(C(=O)Cn2cc(NCc3ccc(C(=O)O)cc3)cn2)CC(C)O1. The number of nitrogens with zero attached hydrogens (tertiary/aromatic N) is 3. The van der Waals surface area contributed by atoms with Crippen LogP contribution in [0.5, 0.6) is 0 Å². The fraction of sp³-hybridized carbons (Fsp3) is 0.421. The summed E-state index contributed by atoms with van der Waals surface area (Å²) in [7, 11) is 0. The molecule has 0 spiro atoms. The minimum atomic E-state index is -0.940. The van der Waals surface area contributed by atoms with Gasteiger partial charge in [-0.3, -0.25) is 9.48 Å². The van der Waals surface area contributed by atoms with Crippen molar-refractivity contribution in [1.29, 1.82) is 0 Å². The van der Waals surface area contributed by atoms with E-state index in [9.17, 15) is 9.59 Å². The van der Waals surface area contributed by atoms with E-state index in [1.165, 1.54) is 0 Å². The van der Waals surface area contributed by atoms with Gasteiger partial charge in [-0.15, -0.1) is 0 Å². The number of hydrogen-bond acceptors (Lipinski definition) is 5. The summed E-state index contributed by atoms with van der Waals surface area (Å²) in [4.78, 5) is 25.2. The molecule has 8 nitrogen and oxygen atoms in total. The molecule has 144 valence electrons. The molecule has 1 aromatic heterocycles. The van der Waals surface area contributed by atoms with Crippen LogP contribution in [0.3, 0.4) is 0 Å². The zero-order valence-electron chi connectivity index (χ0n) is 15.5. The lowest BCUT2D eigenvalue weighted by Gasteiger charge is -2.35. The van der Waals surface area contributed by atoms with Crippen LogP contribution in [-0.2, 0) is 22.6 Å². The van der Waals surface area contributed by atoms with Gasteiger partial charge < -0.3 is 20.1 Å². The van der Waals surface area contributed by atoms with E-state index in [-0.39, 0.29) is 30.2 Å². The highest BCUT2D eigenvalue weighted by Gasteiger charge is 2.25. The lowest BCUT2D eigenvalue weighted by molar-refractivity contribution is -0.144. The summed E-state index contributed by atoms with van der Waals surface area (Å²) in [5.41, 5.74) is 2.02. The van der Waals surface area contributed by atoms with Crippen molar-refractivity contribution in [3.05, 3.63) is 47.8 Å². The second-order valence-corrected chi connectivity index (χ2v) is 6.84. The van der Waals surface area contributed by atoms with E-state index >= 15 is 0 Å². The largest absolute Gasteiger partial charge is 0.478 e. The Hall–Kier alpha value is -2.87. The molecule has 0 radical (unpaired) electrons. The highest BCUT2D eigenvalue weighted by molar-refractivity contribution is 5.87. The number of nitrogens with one attached hydrogen (secondary N) is 1. The number of benzene rings is 1. The molecule has 3 rings (SSSR count). The van der Waals surface area contributed by atoms with Crippen LogP contribution < -0.4 is 5.32 Å². The van der Waals surface area contributed by atoms with E-state index in [4.69, 9.17) is 9.84 Å². The molecule has 8 heteroatoms. The smallest absolute Gasteiger partial charge is 0.335 e. The fourth-order valence-electron chi connectivity index (χ4n) is 3.13. The number of carbonyl (C=O) groups is 2. The maximum Gasteiger partial charge on any atom is 0.335 e. The molecule has 2 N–H and O–H groups in total. The van der Waals surface area contributed by atoms with E-state index in [1.54, 1.807) is 41.3 Å². The Morgan fingerprint density at radius 1 is 1.22 bits per heavy atom. The molecule has 2 aromatic rings. The molecular weight excluding hydrogens is 348 g/mol. The predicted molar refractivity (Wildman–Crippen MR) is 99.5 cm³/mol. The van der Waals surface area contributed by atoms with Gasteiger partial charge in [0.1, 0.15) is 6.54 Å². The third-order valence-corrected chi connectivity index (χ3v) is 4.40. The van der Waals surface area contributed by atoms with Crippen LogP contribution in [0.25, 0.3) is 0 Å². The first kappa shape index (κ1) is 18.9. The van der Waals surface area contributed by atoms with Crippen molar-refractivity contribution in [3.63, 3.8) is 0 Å². The minimum Gasteiger partial charge on any atom is -0.478 e. The number of carboxylic acids is 1. The Bertz CT molecular complexity index is 792. The average Bonchev–Trinajstić information content (AvgIpc) is 3.07. The number of aromatic carboxylic acids is 1. The van der Waals surface area contributed by atoms with Crippen molar-refractivity contribution in [1.82, 2.24) is 14.7 Å². The molecule has 0 bridgehead atoms. The molecule has 2 unspecified atom stereocenters. The normalized spacial score (nSPS) is 19.7. The first-order chi connectivity index (χ1) is 12.9. The second kappa shape index (κ2) is 8.22. The van der Waals surface area contributed by atoms with Crippen molar-refractivity contribution in [2.75, 3.05) is 18.4 Å². The van der Waals surface area contributed by atoms with Gasteiger partial charge in [0.15, 0.2) is 0 Å². The zero-order valence-corrected chi connectivity index (χ0v) is 15.5. The molecular formula is C19H24N4O4. The number of ether oxygens (including phenoxy) is 1. The van der Waals surface area contributed by atoms with Gasteiger partial charge in [0.25, 0.3) is 0 Å². The van der Waals surface area contributed by atoms with E-state index in [0.717, 1.165) is 11.3 Å². The summed E-state index contributed by atoms with van der Waals surface area (Å²) in [5.74, 6) is -0.916. The van der Waals surface area contributed by atoms with E-state index in [0.29, 0.717) is 19.6 Å². The standard InChI is InChI=1S/C19H24N4O4/c1-13-9-22(10-14(2)27-13)18(24)12-23-11-17(8-21-23)20-7-15-3-5-16(6-4-15)19(25)26/h3-6,8,11,13-14,20H,7,9-10,12H2,1-2H3,(H,25,26). The molecule has 1 saturated heterocycles. The molecule has 1 aliphatic rings. The Labute approximate surface area is 157 Å². The maximum atomic E-state index is 12.5. The van der Waals surface area contributed by atoms with Gasteiger partial charge in [-0.1, -0.05) is 12.1 Å². The summed E-state index contributed by atoms with van der Waals surface area (Å²) in [6.07, 6.45) is 3.54. The molecule has 0 saturated carbocycles. The lowest BCUT2D eigenvalue weighted by Crippen LogP contribution is -2.49. The number of anilines is 1. The van der Waals surface area contributed by atoms with Crippen LogP contribution in [0, 0.1) is 0 Å². The Morgan fingerprint density at radius 3 is 2.52 bits per heavy atom. The van der Waals surface area contributed by atoms with E-state index < -0.39 is 5.97 Å². The van der Waals surface area contributed by atoms with Crippen molar-refractivity contribution in [2.45, 2.75) is 39.1 Å². The number of morpholine rings is 1. The van der Waals surface area contributed by atoms with Crippen LogP contribution >= 0.6 is 0 Å². The maximum absolute atomic E-state index is 12.5.